The summed E-state index contributed by atoms with van der Waals surface area (Å²) in [7, 11) is -1.46. The van der Waals surface area contributed by atoms with E-state index >= 15 is 0 Å². The highest BCUT2D eigenvalue weighted by Gasteiger charge is 2.33. The zero-order valence-corrected chi connectivity index (χ0v) is 10.7. The van der Waals surface area contributed by atoms with Crippen molar-refractivity contribution in [3.8, 4) is 0 Å². The van der Waals surface area contributed by atoms with Gasteiger partial charge in [-0.05, 0) is 12.5 Å². The topological polar surface area (TPSA) is 87.3 Å². The Morgan fingerprint density at radius 1 is 1.50 bits per heavy atom. The van der Waals surface area contributed by atoms with E-state index in [4.69, 9.17) is 0 Å². The van der Waals surface area contributed by atoms with Gasteiger partial charge in [0.2, 0.25) is 5.56 Å². The van der Waals surface area contributed by atoms with Crippen LogP contribution in [-0.2, 0) is 9.84 Å². The van der Waals surface area contributed by atoms with Crippen LogP contribution >= 0.6 is 0 Å². The fourth-order valence-electron chi connectivity index (χ4n) is 2.03. The summed E-state index contributed by atoms with van der Waals surface area (Å²) in [5.41, 5.74) is -0.0844. The number of amides is 1. The lowest BCUT2D eigenvalue weighted by Crippen LogP contribution is -2.38. The molecule has 2 heterocycles. The maximum atomic E-state index is 12.1. The first-order chi connectivity index (χ1) is 8.39. The number of nitrogens with one attached hydrogen (secondary N) is 1. The maximum absolute atomic E-state index is 12.1. The summed E-state index contributed by atoms with van der Waals surface area (Å²) in [5, 5.41) is 0. The zero-order valence-electron chi connectivity index (χ0n) is 9.92. The third-order valence-electron chi connectivity index (χ3n) is 3.10. The molecule has 1 N–H and O–H groups in total. The Morgan fingerprint density at radius 3 is 2.78 bits per heavy atom. The van der Waals surface area contributed by atoms with Crippen LogP contribution < -0.4 is 5.56 Å². The molecule has 1 fully saturated rings. The van der Waals surface area contributed by atoms with Crippen LogP contribution in [0, 0.1) is 0 Å². The first-order valence-corrected chi connectivity index (χ1v) is 7.37. The number of aromatic amines is 1. The fraction of sp³-hybridized carbons (Fsp3) is 0.455. The van der Waals surface area contributed by atoms with Gasteiger partial charge in [0.05, 0.1) is 11.5 Å². The van der Waals surface area contributed by atoms with E-state index in [1.54, 1.807) is 7.05 Å². The molecule has 1 aromatic rings. The van der Waals surface area contributed by atoms with Gasteiger partial charge in [0.25, 0.3) is 5.91 Å². The molecule has 0 spiro atoms. The molecule has 1 aromatic heterocycles. The molecule has 0 aromatic carbocycles. The molecule has 0 aliphatic carbocycles. The van der Waals surface area contributed by atoms with E-state index in [0.717, 1.165) is 0 Å². The van der Waals surface area contributed by atoms with Gasteiger partial charge in [-0.25, -0.2) is 8.42 Å². The van der Waals surface area contributed by atoms with Crippen LogP contribution in [0.4, 0.5) is 0 Å². The summed E-state index contributed by atoms with van der Waals surface area (Å²) in [5.74, 6) is -0.216. The monoisotopic (exact) mass is 270 g/mol. The number of nitrogens with zero attached hydrogens (tertiary/aromatic N) is 1. The molecular formula is C11H14N2O4S. The summed E-state index contributed by atoms with van der Waals surface area (Å²) >= 11 is 0. The Balaban J connectivity index is 2.17. The molecular weight excluding hydrogens is 256 g/mol. The third kappa shape index (κ3) is 2.61. The fourth-order valence-corrected chi connectivity index (χ4v) is 3.80. The minimum absolute atomic E-state index is 0.00156. The second kappa shape index (κ2) is 4.56. The van der Waals surface area contributed by atoms with E-state index < -0.39 is 9.84 Å². The third-order valence-corrected chi connectivity index (χ3v) is 4.85. The average Bonchev–Trinajstić information content (AvgIpc) is 2.68. The van der Waals surface area contributed by atoms with Crippen molar-refractivity contribution >= 4 is 15.7 Å². The van der Waals surface area contributed by atoms with E-state index in [-0.39, 0.29) is 34.6 Å². The van der Waals surface area contributed by atoms with Crippen LogP contribution in [0.5, 0.6) is 0 Å². The molecule has 1 unspecified atom stereocenters. The highest BCUT2D eigenvalue weighted by Crippen LogP contribution is 2.18. The Bertz CT molecular complexity index is 620. The number of sulfone groups is 1. The van der Waals surface area contributed by atoms with Crippen molar-refractivity contribution in [1.82, 2.24) is 9.88 Å². The normalized spacial score (nSPS) is 21.7. The minimum atomic E-state index is -3.03. The van der Waals surface area contributed by atoms with Crippen LogP contribution in [0.3, 0.4) is 0 Å². The van der Waals surface area contributed by atoms with Gasteiger partial charge in [-0.1, -0.05) is 0 Å². The van der Waals surface area contributed by atoms with E-state index in [0.29, 0.717) is 6.42 Å². The van der Waals surface area contributed by atoms with Crippen LogP contribution in [0.2, 0.25) is 0 Å². The quantitative estimate of drug-likeness (QED) is 0.794. The molecule has 6 nitrogen and oxygen atoms in total. The van der Waals surface area contributed by atoms with E-state index in [2.05, 4.69) is 4.98 Å². The van der Waals surface area contributed by atoms with Crippen molar-refractivity contribution in [1.29, 1.82) is 0 Å². The van der Waals surface area contributed by atoms with Crippen LogP contribution in [0.1, 0.15) is 16.8 Å². The summed E-state index contributed by atoms with van der Waals surface area (Å²) in [6, 6.07) is 2.41. The van der Waals surface area contributed by atoms with Gasteiger partial charge in [-0.3, -0.25) is 9.59 Å². The van der Waals surface area contributed by atoms with Gasteiger partial charge >= 0.3 is 0 Å². The lowest BCUT2D eigenvalue weighted by Gasteiger charge is -2.23. The lowest BCUT2D eigenvalue weighted by molar-refractivity contribution is 0.0747. The van der Waals surface area contributed by atoms with Crippen molar-refractivity contribution in [2.75, 3.05) is 18.6 Å². The first-order valence-electron chi connectivity index (χ1n) is 5.55. The number of H-pyrrole nitrogens is 1. The number of carbonyl (C=O) groups excluding carboxylic acids is 1. The number of rotatable bonds is 2. The van der Waals surface area contributed by atoms with Gasteiger partial charge < -0.3 is 9.88 Å². The Kier molecular flexibility index (Phi) is 3.25. The highest BCUT2D eigenvalue weighted by molar-refractivity contribution is 7.91. The molecule has 98 valence electrons. The van der Waals surface area contributed by atoms with Crippen molar-refractivity contribution < 1.29 is 13.2 Å². The predicted molar refractivity (Wildman–Crippen MR) is 66.2 cm³/mol. The minimum Gasteiger partial charge on any atom is -0.338 e. The number of hydrogen-bond acceptors (Lipinski definition) is 4. The molecule has 1 saturated heterocycles. The number of aromatic nitrogens is 1. The Labute approximate surface area is 105 Å². The maximum Gasteiger partial charge on any atom is 0.254 e. The second-order valence-electron chi connectivity index (χ2n) is 4.41. The van der Waals surface area contributed by atoms with Gasteiger partial charge in [0.15, 0.2) is 9.84 Å². The molecule has 2 rings (SSSR count). The van der Waals surface area contributed by atoms with Crippen LogP contribution in [0.15, 0.2) is 23.1 Å². The summed E-state index contributed by atoms with van der Waals surface area (Å²) in [6.45, 7) is 0. The van der Waals surface area contributed by atoms with Gasteiger partial charge in [0.1, 0.15) is 0 Å². The standard InChI is InChI=1S/C11H14N2O4S/c1-13(9-3-5-18(16,17)7-9)11(15)8-2-4-12-10(14)6-8/h2,4,6,9H,3,5,7H2,1H3,(H,12,14). The first kappa shape index (κ1) is 12.8. The van der Waals surface area contributed by atoms with E-state index in [1.807, 2.05) is 0 Å². The van der Waals surface area contributed by atoms with Gasteiger partial charge in [-0.15, -0.1) is 0 Å². The van der Waals surface area contributed by atoms with E-state index in [9.17, 15) is 18.0 Å². The van der Waals surface area contributed by atoms with Crippen molar-refractivity contribution in [2.45, 2.75) is 12.5 Å². The number of pyridine rings is 1. The van der Waals surface area contributed by atoms with Crippen molar-refractivity contribution in [3.05, 3.63) is 34.2 Å². The summed E-state index contributed by atoms with van der Waals surface area (Å²) in [6.07, 6.45) is 1.85. The molecule has 1 aliphatic heterocycles. The van der Waals surface area contributed by atoms with Gasteiger partial charge in [0, 0.05) is 30.9 Å². The molecule has 0 bridgehead atoms. The summed E-state index contributed by atoms with van der Waals surface area (Å²) in [4.78, 5) is 27.0. The number of hydrogen-bond donors (Lipinski definition) is 1. The Hall–Kier alpha value is -1.63. The molecule has 1 aliphatic rings. The van der Waals surface area contributed by atoms with Crippen molar-refractivity contribution in [2.24, 2.45) is 0 Å². The van der Waals surface area contributed by atoms with Crippen LogP contribution in [0.25, 0.3) is 0 Å². The molecule has 7 heteroatoms. The Morgan fingerprint density at radius 2 is 2.22 bits per heavy atom. The van der Waals surface area contributed by atoms with Crippen LogP contribution in [-0.4, -0.2) is 48.8 Å². The lowest BCUT2D eigenvalue weighted by atomic mass is 10.2. The number of carbonyl (C=O) groups is 1. The molecule has 0 radical (unpaired) electrons. The van der Waals surface area contributed by atoms with Crippen molar-refractivity contribution in [3.63, 3.8) is 0 Å². The smallest absolute Gasteiger partial charge is 0.254 e. The summed E-state index contributed by atoms with van der Waals surface area (Å²) < 4.78 is 22.7. The molecule has 1 atom stereocenters. The highest BCUT2D eigenvalue weighted by atomic mass is 32.2. The molecule has 0 saturated carbocycles. The molecule has 18 heavy (non-hydrogen) atoms. The van der Waals surface area contributed by atoms with E-state index in [1.165, 1.54) is 23.2 Å². The SMILES string of the molecule is CN(C(=O)c1cc[nH]c(=O)c1)C1CCS(=O)(=O)C1. The second-order valence-corrected chi connectivity index (χ2v) is 6.64. The predicted octanol–water partition coefficient (Wildman–Crippen LogP) is -0.366. The van der Waals surface area contributed by atoms with Gasteiger partial charge in [-0.2, -0.15) is 0 Å². The average molecular weight is 270 g/mol. The zero-order chi connectivity index (χ0) is 13.3. The molecule has 1 amide bonds. The largest absolute Gasteiger partial charge is 0.338 e.